The number of aliphatic carboxylic acids is 1. The Balaban J connectivity index is 1.50. The number of carboxylic acid groups (broad SMARTS) is 1. The fourth-order valence-corrected chi connectivity index (χ4v) is 9.05. The zero-order valence-electron chi connectivity index (χ0n) is 30.2. The van der Waals surface area contributed by atoms with Crippen LogP contribution in [0.5, 0.6) is 5.75 Å². The number of carbonyl (C=O) groups is 1. The smallest absolute Gasteiger partial charge is 0.341 e. The van der Waals surface area contributed by atoms with Crippen LogP contribution in [0.3, 0.4) is 0 Å². The molecule has 264 valence electrons. The molecule has 1 N–H and O–H groups in total. The number of benzene rings is 3. The Morgan fingerprint density at radius 2 is 1.69 bits per heavy atom. The van der Waals surface area contributed by atoms with E-state index in [0.29, 0.717) is 43.0 Å². The first-order valence-corrected chi connectivity index (χ1v) is 18.9. The van der Waals surface area contributed by atoms with Gasteiger partial charge in [-0.25, -0.2) is 13.2 Å². The summed E-state index contributed by atoms with van der Waals surface area (Å²) in [5.41, 5.74) is 5.81. The zero-order valence-corrected chi connectivity index (χ0v) is 31.0. The van der Waals surface area contributed by atoms with Gasteiger partial charge >= 0.3 is 5.97 Å². The third-order valence-electron chi connectivity index (χ3n) is 10.6. The van der Waals surface area contributed by atoms with Gasteiger partial charge in [-0.05, 0) is 91.3 Å². The molecule has 0 aliphatic carbocycles. The van der Waals surface area contributed by atoms with Crippen LogP contribution in [0.4, 0.5) is 0 Å². The molecule has 2 fully saturated rings. The zero-order chi connectivity index (χ0) is 35.7. The van der Waals surface area contributed by atoms with Crippen molar-refractivity contribution in [2.75, 3.05) is 19.7 Å². The molecule has 0 radical (unpaired) electrons. The monoisotopic (exact) mass is 687 g/mol. The molecule has 3 aromatic rings. The first kappa shape index (κ1) is 36.8. The largest absolute Gasteiger partial charge is 0.482 e. The first-order chi connectivity index (χ1) is 23.0. The van der Waals surface area contributed by atoms with E-state index in [-0.39, 0.29) is 28.8 Å². The highest BCUT2D eigenvalue weighted by Crippen LogP contribution is 2.55. The van der Waals surface area contributed by atoms with Crippen molar-refractivity contribution in [1.82, 2.24) is 4.31 Å². The van der Waals surface area contributed by atoms with Crippen LogP contribution in [-0.4, -0.2) is 49.6 Å². The van der Waals surface area contributed by atoms with Gasteiger partial charge in [-0.1, -0.05) is 95.3 Å². The Kier molecular flexibility index (Phi) is 10.8. The average molecular weight is 688 g/mol. The minimum absolute atomic E-state index is 0.0651. The van der Waals surface area contributed by atoms with Crippen LogP contribution in [0.25, 0.3) is 0 Å². The summed E-state index contributed by atoms with van der Waals surface area (Å²) in [6.07, 6.45) is 2.17. The maximum absolute atomic E-state index is 13.9. The molecule has 2 aliphatic rings. The van der Waals surface area contributed by atoms with Gasteiger partial charge in [0.25, 0.3) is 0 Å². The van der Waals surface area contributed by atoms with E-state index >= 15 is 0 Å². The highest BCUT2D eigenvalue weighted by Gasteiger charge is 2.52. The Morgan fingerprint density at radius 1 is 1.06 bits per heavy atom. The van der Waals surface area contributed by atoms with E-state index in [9.17, 15) is 18.3 Å². The summed E-state index contributed by atoms with van der Waals surface area (Å²) >= 11 is 0. The molecule has 7 nitrogen and oxygen atoms in total. The molecule has 3 atom stereocenters. The molecule has 49 heavy (non-hydrogen) atoms. The molecule has 3 aromatic carbocycles. The Labute approximate surface area is 293 Å². The molecule has 0 aromatic heterocycles. The highest BCUT2D eigenvalue weighted by atomic mass is 32.2. The van der Waals surface area contributed by atoms with Crippen LogP contribution in [0.1, 0.15) is 101 Å². The highest BCUT2D eigenvalue weighted by molar-refractivity contribution is 7.89. The van der Waals surface area contributed by atoms with Crippen molar-refractivity contribution in [3.8, 4) is 5.75 Å². The van der Waals surface area contributed by atoms with Crippen molar-refractivity contribution in [2.45, 2.75) is 103 Å². The molecule has 1 spiro atoms. The van der Waals surface area contributed by atoms with Gasteiger partial charge in [0.2, 0.25) is 10.0 Å². The summed E-state index contributed by atoms with van der Waals surface area (Å²) in [5, 5.41) is 9.51. The van der Waals surface area contributed by atoms with E-state index in [1.165, 1.54) is 0 Å². The van der Waals surface area contributed by atoms with Gasteiger partial charge in [-0.3, -0.25) is 0 Å². The summed E-state index contributed by atoms with van der Waals surface area (Å²) < 4.78 is 42.7. The Hall–Kier alpha value is -3.46. The second kappa shape index (κ2) is 14.4. The molecule has 2 heterocycles. The maximum atomic E-state index is 13.9. The molecular formula is C41H53NO6S. The number of nitrogens with zero attached hydrogens (tertiary/aromatic N) is 1. The van der Waals surface area contributed by atoms with E-state index in [2.05, 4.69) is 59.4 Å². The second-order valence-electron chi connectivity index (χ2n) is 15.5. The predicted molar refractivity (Wildman–Crippen MR) is 195 cm³/mol. The SMILES string of the molecule is C=C(C)[C@@H]1CC2(CCN(S(=O)(=O)c3ccc(C(C)(C)C)cc3)CC2)[C@@H](Cc2ccccc2)O[C@H]1c1c(C)cc(C(C)C)cc1OCC(=O)O. The maximum Gasteiger partial charge on any atom is 0.341 e. The quantitative estimate of drug-likeness (QED) is 0.215. The van der Waals surface area contributed by atoms with Gasteiger partial charge in [0, 0.05) is 30.0 Å². The standard InChI is InChI=1S/C41H53NO6S/c1-27(2)31-22-29(5)38(35(24-31)47-26-37(43)44)39-34(28(3)4)25-41(36(48-39)23-30-12-10-9-11-13-30)18-20-42(21-19-41)49(45,46)33-16-14-32(15-17-33)40(6,7)8/h9-17,22,24,27,34,36,39H,3,18-21,23,25-26H2,1-2,4-8H3,(H,43,44)/t34-,36+,39+/m0/s1. The van der Waals surface area contributed by atoms with E-state index in [1.54, 1.807) is 16.4 Å². The summed E-state index contributed by atoms with van der Waals surface area (Å²) in [6, 6.07) is 21.7. The molecule has 0 unspecified atom stereocenters. The van der Waals surface area contributed by atoms with Crippen LogP contribution < -0.4 is 4.74 Å². The van der Waals surface area contributed by atoms with Crippen LogP contribution >= 0.6 is 0 Å². The van der Waals surface area contributed by atoms with Gasteiger partial charge < -0.3 is 14.6 Å². The van der Waals surface area contributed by atoms with Crippen LogP contribution in [0.15, 0.2) is 83.8 Å². The number of aryl methyl sites for hydroxylation is 1. The number of rotatable bonds is 10. The summed E-state index contributed by atoms with van der Waals surface area (Å²) in [6.45, 7) is 19.4. The van der Waals surface area contributed by atoms with E-state index in [4.69, 9.17) is 9.47 Å². The number of ether oxygens (including phenoxy) is 2. The van der Waals surface area contributed by atoms with Crippen molar-refractivity contribution in [3.63, 3.8) is 0 Å². The molecular weight excluding hydrogens is 635 g/mol. The average Bonchev–Trinajstić information content (AvgIpc) is 3.05. The number of hydrogen-bond acceptors (Lipinski definition) is 5. The minimum atomic E-state index is -3.66. The molecule has 5 rings (SSSR count). The van der Waals surface area contributed by atoms with Crippen LogP contribution in [-0.2, 0) is 31.4 Å². The van der Waals surface area contributed by atoms with Gasteiger partial charge in [0.05, 0.1) is 17.1 Å². The molecule has 0 amide bonds. The van der Waals surface area contributed by atoms with Gasteiger partial charge in [-0.2, -0.15) is 4.31 Å². The van der Waals surface area contributed by atoms with Gasteiger partial charge in [0.1, 0.15) is 5.75 Å². The third kappa shape index (κ3) is 7.97. The van der Waals surface area contributed by atoms with Crippen molar-refractivity contribution in [2.24, 2.45) is 11.3 Å². The lowest BCUT2D eigenvalue weighted by atomic mass is 9.63. The lowest BCUT2D eigenvalue weighted by molar-refractivity contribution is -0.166. The molecule has 0 saturated carbocycles. The first-order valence-electron chi connectivity index (χ1n) is 17.5. The number of carboxylic acids is 1. The van der Waals surface area contributed by atoms with Crippen molar-refractivity contribution >= 4 is 16.0 Å². The van der Waals surface area contributed by atoms with Crippen LogP contribution in [0, 0.1) is 18.3 Å². The topological polar surface area (TPSA) is 93.1 Å². The number of sulfonamides is 1. The Morgan fingerprint density at radius 3 is 2.24 bits per heavy atom. The fourth-order valence-electron chi connectivity index (χ4n) is 7.61. The van der Waals surface area contributed by atoms with Gasteiger partial charge in [0.15, 0.2) is 6.61 Å². The predicted octanol–water partition coefficient (Wildman–Crippen LogP) is 8.62. The number of piperidine rings is 1. The van der Waals surface area contributed by atoms with E-state index in [0.717, 1.165) is 39.8 Å². The van der Waals surface area contributed by atoms with E-state index in [1.807, 2.05) is 50.2 Å². The lowest BCUT2D eigenvalue weighted by Gasteiger charge is -2.54. The second-order valence-corrected chi connectivity index (χ2v) is 17.5. The minimum Gasteiger partial charge on any atom is -0.482 e. The summed E-state index contributed by atoms with van der Waals surface area (Å²) in [5.74, 6) is -0.338. The lowest BCUT2D eigenvalue weighted by Crippen LogP contribution is -2.53. The fraction of sp³-hybridized carbons (Fsp3) is 0.488. The van der Waals surface area contributed by atoms with Crippen molar-refractivity contribution < 1.29 is 27.8 Å². The number of hydrogen-bond donors (Lipinski definition) is 1. The molecule has 2 saturated heterocycles. The van der Waals surface area contributed by atoms with Gasteiger partial charge in [-0.15, -0.1) is 0 Å². The van der Waals surface area contributed by atoms with E-state index < -0.39 is 28.7 Å². The summed E-state index contributed by atoms with van der Waals surface area (Å²) in [4.78, 5) is 11.9. The third-order valence-corrected chi connectivity index (χ3v) is 12.5. The van der Waals surface area contributed by atoms with Crippen molar-refractivity contribution in [3.05, 3.63) is 107 Å². The molecule has 2 aliphatic heterocycles. The van der Waals surface area contributed by atoms with Crippen LogP contribution in [0.2, 0.25) is 0 Å². The molecule has 0 bridgehead atoms. The normalized spacial score (nSPS) is 21.5. The Bertz CT molecular complexity index is 1750. The summed E-state index contributed by atoms with van der Waals surface area (Å²) in [7, 11) is -3.66. The molecule has 8 heteroatoms. The van der Waals surface area contributed by atoms with Crippen molar-refractivity contribution in [1.29, 1.82) is 0 Å².